The van der Waals surface area contributed by atoms with E-state index in [2.05, 4.69) is 171 Å². The van der Waals surface area contributed by atoms with E-state index in [1.54, 1.807) is 0 Å². The molecule has 2 N–H and O–H groups in total. The summed E-state index contributed by atoms with van der Waals surface area (Å²) in [6.07, 6.45) is -0.497. The average molecular weight is 1020 g/mol. The molecule has 6 aromatic carbocycles. The first kappa shape index (κ1) is 37.0. The smallest absolute Gasteiger partial charge is 0.144 e. The van der Waals surface area contributed by atoms with Gasteiger partial charge >= 0.3 is 0 Å². The normalized spacial score (nSPS) is 14.0. The molecule has 0 aliphatic carbocycles. The molecule has 0 saturated heterocycles. The van der Waals surface area contributed by atoms with Crippen LogP contribution in [-0.4, -0.2) is 20.0 Å². The van der Waals surface area contributed by atoms with Crippen molar-refractivity contribution < 1.29 is 37.5 Å². The maximum Gasteiger partial charge on any atom is 0.144 e. The molecule has 326 valence electrons. The fourth-order valence-electron chi connectivity index (χ4n) is 7.64. The molecule has 2 aromatic heterocycles. The number of fused-ring (bicyclic) bond motifs is 1. The number of rotatable bonds is 6. The average Bonchev–Trinajstić information content (AvgIpc) is 3.68. The summed E-state index contributed by atoms with van der Waals surface area (Å²) in [4.78, 5) is 10.1. The van der Waals surface area contributed by atoms with Gasteiger partial charge in [0.1, 0.15) is 5.82 Å². The Kier molecular flexibility index (Phi) is 10.4. The third kappa shape index (κ3) is 9.74. The molecule has 0 amide bonds. The fourth-order valence-corrected chi connectivity index (χ4v) is 7.64. The molecule has 4 nitrogen and oxygen atoms in total. The zero-order valence-electron chi connectivity index (χ0n) is 46.4. The number of benzene rings is 6. The predicted octanol–water partition coefficient (Wildman–Crippen LogP) is 14.9. The Morgan fingerprint density at radius 2 is 1.13 bits per heavy atom. The van der Waals surface area contributed by atoms with Gasteiger partial charge in [-0.05, 0) is 91.4 Å². The van der Waals surface area contributed by atoms with Gasteiger partial charge in [-0.3, -0.25) is 9.55 Å². The van der Waals surface area contributed by atoms with E-state index in [9.17, 15) is 1.37 Å². The molecule has 0 aliphatic heterocycles. The van der Waals surface area contributed by atoms with Gasteiger partial charge < -0.3 is 5.48 Å². The zero-order chi connectivity index (χ0) is 50.4. The van der Waals surface area contributed by atoms with Crippen molar-refractivity contribution >= 4 is 11.0 Å². The molecular formula is C58H62N3OPt-. The standard InChI is InChI=1S/C58H60N3.H2O.Pt/c1-55(2,3)44-26-27-51(49(37-44)39-22-17-14-18-23-39)61-52-25-19-24-48(53(52)60-54(61)43-33-46(57(7,8)9)36-47(34-43)58(10,11)12)41-30-42(32-45(31-41)56(4,5)6)50-35-40(28-29-59-50)38-20-15-13-16-21-38;;/h13-29,31-37H,1-12H3;1H2;/q-1;;/i13D,15D,16D,20D,21D,28D,29D,35D;;. The number of hydrogen-bond donors (Lipinski definition) is 0. The Morgan fingerprint density at radius 1 is 0.524 bits per heavy atom. The number of nitrogens with zero attached hydrogens (tertiary/aromatic N) is 3. The summed E-state index contributed by atoms with van der Waals surface area (Å²) in [5.74, 6) is 0.769. The Labute approximate surface area is 401 Å². The molecule has 8 aromatic rings. The van der Waals surface area contributed by atoms with Crippen LogP contribution in [0.4, 0.5) is 0 Å². The molecule has 0 radical (unpaired) electrons. The molecule has 8 rings (SSSR count). The van der Waals surface area contributed by atoms with Gasteiger partial charge in [0.2, 0.25) is 0 Å². The monoisotopic (exact) mass is 1020 g/mol. The summed E-state index contributed by atoms with van der Waals surface area (Å²) in [6.45, 7) is 26.3. The van der Waals surface area contributed by atoms with E-state index in [1.165, 1.54) is 16.7 Å². The van der Waals surface area contributed by atoms with Crippen LogP contribution in [0.5, 0.6) is 0 Å². The van der Waals surface area contributed by atoms with Crippen LogP contribution in [0, 0.1) is 6.07 Å². The molecule has 0 saturated carbocycles. The van der Waals surface area contributed by atoms with Crippen molar-refractivity contribution in [2.75, 3.05) is 0 Å². The Bertz CT molecular complexity index is 3300. The quantitative estimate of drug-likeness (QED) is 0.156. The first-order valence-electron chi connectivity index (χ1n) is 25.1. The van der Waals surface area contributed by atoms with Crippen molar-refractivity contribution in [3.05, 3.63) is 174 Å². The predicted molar refractivity (Wildman–Crippen MR) is 263 cm³/mol. The topological polar surface area (TPSA) is 62.2 Å². The summed E-state index contributed by atoms with van der Waals surface area (Å²) < 4.78 is 71.9. The molecule has 0 aliphatic rings. The summed E-state index contributed by atoms with van der Waals surface area (Å²) in [5, 5.41) is 0. The van der Waals surface area contributed by atoms with Gasteiger partial charge in [-0.2, -0.15) is 0 Å². The number of para-hydroxylation sites is 1. The zero-order valence-corrected chi connectivity index (χ0v) is 40.7. The van der Waals surface area contributed by atoms with Crippen LogP contribution < -0.4 is 0 Å². The Balaban J connectivity index is 0.00000413. The number of hydrogen-bond acceptors (Lipinski definition) is 2. The Morgan fingerprint density at radius 3 is 1.75 bits per heavy atom. The van der Waals surface area contributed by atoms with Gasteiger partial charge in [-0.1, -0.05) is 185 Å². The first-order chi connectivity index (χ1) is 32.1. The van der Waals surface area contributed by atoms with E-state index >= 15 is 0 Å². The minimum absolute atomic E-state index is 0. The van der Waals surface area contributed by atoms with Gasteiger partial charge in [0.15, 0.2) is 0 Å². The van der Waals surface area contributed by atoms with Crippen LogP contribution in [0.25, 0.3) is 72.7 Å². The second-order valence-electron chi connectivity index (χ2n) is 20.2. The maximum absolute atomic E-state index is 9.53. The van der Waals surface area contributed by atoms with Crippen molar-refractivity contribution in [3.8, 4) is 61.7 Å². The molecule has 5 heteroatoms. The van der Waals surface area contributed by atoms with Crippen molar-refractivity contribution in [2.45, 2.75) is 105 Å². The molecule has 0 atom stereocenters. The minimum atomic E-state index is -0.592. The SMILES string of the molecule is O.[2H]c1nc(-c2[c-]c(-c3cccc4c3nc(-c3cc(C(C)(C)C)cc(C(C)(C)C)c3)n4-c3ccc(C(C)(C)C)cc3-c3ccccc3)cc(C(C)(C)C)c2)c([2H])c(-c2c([2H])c([2H])c([2H])c([2H])c2[2H])c1[2H].[Pt]. The number of imidazole rings is 1. The van der Waals surface area contributed by atoms with Crippen LogP contribution in [0.3, 0.4) is 0 Å². The van der Waals surface area contributed by atoms with E-state index in [1.807, 2.05) is 24.3 Å². The molecule has 2 heterocycles. The van der Waals surface area contributed by atoms with Crippen LogP contribution >= 0.6 is 0 Å². The van der Waals surface area contributed by atoms with E-state index in [-0.39, 0.29) is 65.6 Å². The van der Waals surface area contributed by atoms with E-state index in [0.717, 1.165) is 50.4 Å². The molecule has 0 unspecified atom stereocenters. The molecular weight excluding hydrogens is 950 g/mol. The van der Waals surface area contributed by atoms with Gasteiger partial charge in [-0.15, -0.1) is 29.3 Å². The second kappa shape index (κ2) is 17.6. The van der Waals surface area contributed by atoms with Crippen LogP contribution in [0.2, 0.25) is 0 Å². The summed E-state index contributed by atoms with van der Waals surface area (Å²) in [6, 6.07) is 34.0. The molecule has 0 spiro atoms. The van der Waals surface area contributed by atoms with Gasteiger partial charge in [-0.25, -0.2) is 4.98 Å². The second-order valence-corrected chi connectivity index (χ2v) is 20.2. The number of pyridine rings is 1. The molecule has 0 bridgehead atoms. The van der Waals surface area contributed by atoms with Crippen molar-refractivity contribution in [2.24, 2.45) is 0 Å². The minimum Gasteiger partial charge on any atom is -0.412 e. The first-order valence-corrected chi connectivity index (χ1v) is 21.1. The van der Waals surface area contributed by atoms with Gasteiger partial charge in [0.05, 0.1) is 27.7 Å². The summed E-state index contributed by atoms with van der Waals surface area (Å²) in [5.41, 5.74) is 10.5. The van der Waals surface area contributed by atoms with Crippen LogP contribution in [-0.2, 0) is 42.7 Å². The number of aromatic nitrogens is 3. The third-order valence-electron chi connectivity index (χ3n) is 11.4. The molecule has 0 fully saturated rings. The third-order valence-corrected chi connectivity index (χ3v) is 11.4. The summed E-state index contributed by atoms with van der Waals surface area (Å²) >= 11 is 0. The van der Waals surface area contributed by atoms with E-state index in [4.69, 9.17) is 14.6 Å². The van der Waals surface area contributed by atoms with E-state index in [0.29, 0.717) is 11.1 Å². The van der Waals surface area contributed by atoms with Crippen LogP contribution in [0.15, 0.2) is 146 Å². The van der Waals surface area contributed by atoms with Gasteiger partial charge in [0, 0.05) is 44.1 Å². The fraction of sp³-hybridized carbons (Fsp3) is 0.276. The maximum atomic E-state index is 9.53. The van der Waals surface area contributed by atoms with Crippen LogP contribution in [0.1, 0.15) is 116 Å². The Hall–Kier alpha value is -5.41. The van der Waals surface area contributed by atoms with E-state index < -0.39 is 47.8 Å². The van der Waals surface area contributed by atoms with Gasteiger partial charge in [0.25, 0.3) is 0 Å². The van der Waals surface area contributed by atoms with Crippen molar-refractivity contribution in [3.63, 3.8) is 0 Å². The molecule has 63 heavy (non-hydrogen) atoms. The van der Waals surface area contributed by atoms with Crippen molar-refractivity contribution in [1.82, 2.24) is 14.5 Å². The van der Waals surface area contributed by atoms with Crippen molar-refractivity contribution in [1.29, 1.82) is 0 Å². The summed E-state index contributed by atoms with van der Waals surface area (Å²) in [7, 11) is 0. The largest absolute Gasteiger partial charge is 0.412 e.